The first-order valence-electron chi connectivity index (χ1n) is 7.50. The predicted molar refractivity (Wildman–Crippen MR) is 77.2 cm³/mol. The number of rotatable bonds is 5. The van der Waals surface area contributed by atoms with Crippen LogP contribution in [0.25, 0.3) is 0 Å². The van der Waals surface area contributed by atoms with Crippen molar-refractivity contribution in [1.82, 2.24) is 0 Å². The van der Waals surface area contributed by atoms with Crippen molar-refractivity contribution in [3.8, 4) is 5.75 Å². The van der Waals surface area contributed by atoms with E-state index in [1.54, 1.807) is 12.1 Å². The molecule has 1 saturated carbocycles. The Kier molecular flexibility index (Phi) is 5.53. The SMILES string of the molecule is NCC1(C(O)c2ccc(OC(F)F)cc2)CCCCCC1. The summed E-state index contributed by atoms with van der Waals surface area (Å²) in [6, 6.07) is 6.21. The third-order valence-electron chi connectivity index (χ3n) is 4.51. The summed E-state index contributed by atoms with van der Waals surface area (Å²) in [6.45, 7) is -2.40. The van der Waals surface area contributed by atoms with Gasteiger partial charge in [0.2, 0.25) is 0 Å². The summed E-state index contributed by atoms with van der Waals surface area (Å²) in [4.78, 5) is 0. The number of halogens is 2. The fourth-order valence-corrected chi connectivity index (χ4v) is 3.21. The Bertz CT molecular complexity index is 428. The van der Waals surface area contributed by atoms with Crippen molar-refractivity contribution < 1.29 is 18.6 Å². The molecule has 1 aromatic carbocycles. The van der Waals surface area contributed by atoms with E-state index >= 15 is 0 Å². The van der Waals surface area contributed by atoms with Gasteiger partial charge >= 0.3 is 6.61 Å². The number of hydrogen-bond donors (Lipinski definition) is 2. The predicted octanol–water partition coefficient (Wildman–Crippen LogP) is 3.62. The van der Waals surface area contributed by atoms with Crippen molar-refractivity contribution in [1.29, 1.82) is 0 Å². The topological polar surface area (TPSA) is 55.5 Å². The fourth-order valence-electron chi connectivity index (χ4n) is 3.21. The van der Waals surface area contributed by atoms with Crippen LogP contribution < -0.4 is 10.5 Å². The molecule has 1 atom stereocenters. The lowest BCUT2D eigenvalue weighted by molar-refractivity contribution is -0.0499. The van der Waals surface area contributed by atoms with E-state index in [0.29, 0.717) is 12.1 Å². The van der Waals surface area contributed by atoms with Gasteiger partial charge in [-0.25, -0.2) is 0 Å². The maximum atomic E-state index is 12.1. The molecule has 3 nitrogen and oxygen atoms in total. The van der Waals surface area contributed by atoms with Crippen molar-refractivity contribution in [3.05, 3.63) is 29.8 Å². The summed E-state index contributed by atoms with van der Waals surface area (Å²) in [5.41, 5.74) is 6.37. The average molecular weight is 299 g/mol. The summed E-state index contributed by atoms with van der Waals surface area (Å²) in [5, 5.41) is 10.7. The number of hydrogen-bond acceptors (Lipinski definition) is 3. The van der Waals surface area contributed by atoms with Gasteiger partial charge in [-0.15, -0.1) is 0 Å². The van der Waals surface area contributed by atoms with E-state index in [4.69, 9.17) is 5.73 Å². The number of benzene rings is 1. The van der Waals surface area contributed by atoms with Crippen molar-refractivity contribution in [2.75, 3.05) is 6.54 Å². The van der Waals surface area contributed by atoms with Gasteiger partial charge in [0.25, 0.3) is 0 Å². The minimum Gasteiger partial charge on any atom is -0.435 e. The van der Waals surface area contributed by atoms with Crippen LogP contribution >= 0.6 is 0 Å². The van der Waals surface area contributed by atoms with E-state index in [0.717, 1.165) is 25.7 Å². The molecule has 0 aliphatic heterocycles. The van der Waals surface area contributed by atoms with Gasteiger partial charge in [0.1, 0.15) is 5.75 Å². The maximum Gasteiger partial charge on any atom is 0.387 e. The number of alkyl halides is 2. The van der Waals surface area contributed by atoms with Crippen molar-refractivity contribution in [2.45, 2.75) is 51.2 Å². The average Bonchev–Trinajstić information content (AvgIpc) is 2.73. The molecule has 0 amide bonds. The molecule has 3 N–H and O–H groups in total. The first-order valence-corrected chi connectivity index (χ1v) is 7.50. The van der Waals surface area contributed by atoms with Crippen LogP contribution in [0.5, 0.6) is 5.75 Å². The van der Waals surface area contributed by atoms with Crippen LogP contribution in [0.15, 0.2) is 24.3 Å². The normalized spacial score (nSPS) is 20.0. The highest BCUT2D eigenvalue weighted by Crippen LogP contribution is 2.44. The molecular formula is C16H23F2NO2. The minimum absolute atomic E-state index is 0.101. The first kappa shape index (κ1) is 16.2. The quantitative estimate of drug-likeness (QED) is 0.816. The molecule has 0 aromatic heterocycles. The Labute approximate surface area is 124 Å². The summed E-state index contributed by atoms with van der Waals surface area (Å²) >= 11 is 0. The van der Waals surface area contributed by atoms with E-state index < -0.39 is 12.7 Å². The first-order chi connectivity index (χ1) is 10.1. The van der Waals surface area contributed by atoms with Gasteiger partial charge in [0, 0.05) is 12.0 Å². The van der Waals surface area contributed by atoms with E-state index in [9.17, 15) is 13.9 Å². The lowest BCUT2D eigenvalue weighted by Gasteiger charge is -2.36. The second kappa shape index (κ2) is 7.18. The molecule has 0 spiro atoms. The van der Waals surface area contributed by atoms with Crippen molar-refractivity contribution in [2.24, 2.45) is 11.1 Å². The highest BCUT2D eigenvalue weighted by Gasteiger charge is 2.37. The summed E-state index contributed by atoms with van der Waals surface area (Å²) in [7, 11) is 0. The van der Waals surface area contributed by atoms with Crippen LogP contribution in [-0.2, 0) is 0 Å². The molecule has 1 aromatic rings. The lowest BCUT2D eigenvalue weighted by atomic mass is 9.73. The molecule has 1 fully saturated rings. The summed E-state index contributed by atoms with van der Waals surface area (Å²) < 4.78 is 28.6. The Hall–Kier alpha value is -1.20. The molecular weight excluding hydrogens is 276 g/mol. The van der Waals surface area contributed by atoms with Crippen LogP contribution in [-0.4, -0.2) is 18.3 Å². The molecule has 5 heteroatoms. The molecule has 1 aliphatic rings. The monoisotopic (exact) mass is 299 g/mol. The molecule has 2 rings (SSSR count). The molecule has 0 radical (unpaired) electrons. The number of ether oxygens (including phenoxy) is 1. The van der Waals surface area contributed by atoms with Crippen LogP contribution in [0.4, 0.5) is 8.78 Å². The molecule has 1 aliphatic carbocycles. The van der Waals surface area contributed by atoms with E-state index in [1.807, 2.05) is 0 Å². The third-order valence-corrected chi connectivity index (χ3v) is 4.51. The van der Waals surface area contributed by atoms with Crippen LogP contribution in [0.1, 0.15) is 50.2 Å². The highest BCUT2D eigenvalue weighted by atomic mass is 19.3. The van der Waals surface area contributed by atoms with E-state index in [1.165, 1.54) is 25.0 Å². The van der Waals surface area contributed by atoms with Gasteiger partial charge in [-0.2, -0.15) is 8.78 Å². The lowest BCUT2D eigenvalue weighted by Crippen LogP contribution is -2.36. The molecule has 21 heavy (non-hydrogen) atoms. The zero-order valence-electron chi connectivity index (χ0n) is 12.1. The van der Waals surface area contributed by atoms with Gasteiger partial charge in [-0.3, -0.25) is 0 Å². The second-order valence-corrected chi connectivity index (χ2v) is 5.83. The smallest absolute Gasteiger partial charge is 0.387 e. The Balaban J connectivity index is 2.14. The molecule has 0 heterocycles. The molecule has 0 saturated heterocycles. The molecule has 118 valence electrons. The van der Waals surface area contributed by atoms with Gasteiger partial charge in [-0.1, -0.05) is 37.8 Å². The minimum atomic E-state index is -2.84. The van der Waals surface area contributed by atoms with Gasteiger partial charge in [-0.05, 0) is 30.5 Å². The van der Waals surface area contributed by atoms with Crippen LogP contribution in [0.3, 0.4) is 0 Å². The van der Waals surface area contributed by atoms with Crippen molar-refractivity contribution >= 4 is 0 Å². The standard InChI is InChI=1S/C16H23F2NO2/c17-15(18)21-13-7-5-12(6-8-13)14(20)16(11-19)9-3-1-2-4-10-16/h5-8,14-15,20H,1-4,9-11,19H2. The second-order valence-electron chi connectivity index (χ2n) is 5.83. The Morgan fingerprint density at radius 2 is 1.67 bits per heavy atom. The maximum absolute atomic E-state index is 12.1. The van der Waals surface area contributed by atoms with Crippen LogP contribution in [0, 0.1) is 5.41 Å². The number of aliphatic hydroxyl groups is 1. The van der Waals surface area contributed by atoms with Gasteiger partial charge < -0.3 is 15.6 Å². The third kappa shape index (κ3) is 3.92. The highest BCUT2D eigenvalue weighted by molar-refractivity contribution is 5.29. The number of nitrogens with two attached hydrogens (primary N) is 1. The summed E-state index contributed by atoms with van der Waals surface area (Å²) in [6.07, 6.45) is 5.63. The fraction of sp³-hybridized carbons (Fsp3) is 0.625. The number of aliphatic hydroxyl groups excluding tert-OH is 1. The summed E-state index contributed by atoms with van der Waals surface area (Å²) in [5.74, 6) is 0.101. The zero-order valence-corrected chi connectivity index (χ0v) is 12.1. The molecule has 0 bridgehead atoms. The van der Waals surface area contributed by atoms with Crippen LogP contribution in [0.2, 0.25) is 0 Å². The van der Waals surface area contributed by atoms with Crippen molar-refractivity contribution in [3.63, 3.8) is 0 Å². The van der Waals surface area contributed by atoms with E-state index in [2.05, 4.69) is 4.74 Å². The van der Waals surface area contributed by atoms with Gasteiger partial charge in [0.15, 0.2) is 0 Å². The Morgan fingerprint density at radius 1 is 1.10 bits per heavy atom. The van der Waals surface area contributed by atoms with E-state index in [-0.39, 0.29) is 11.2 Å². The molecule has 1 unspecified atom stereocenters. The zero-order chi connectivity index (χ0) is 15.3. The largest absolute Gasteiger partial charge is 0.435 e. The van der Waals surface area contributed by atoms with Gasteiger partial charge in [0.05, 0.1) is 6.10 Å². The Morgan fingerprint density at radius 3 is 2.14 bits per heavy atom.